The SMILES string of the molecule is OC(CC1CC1)c1cc(C(F)(F)F)ccc1F. The molecule has 1 aliphatic carbocycles. The molecule has 0 amide bonds. The molecule has 94 valence electrons. The largest absolute Gasteiger partial charge is 0.416 e. The van der Waals surface area contributed by atoms with Gasteiger partial charge in [-0.3, -0.25) is 0 Å². The van der Waals surface area contributed by atoms with Crippen molar-refractivity contribution >= 4 is 0 Å². The molecule has 17 heavy (non-hydrogen) atoms. The van der Waals surface area contributed by atoms with E-state index in [4.69, 9.17) is 0 Å². The second-order valence-electron chi connectivity index (χ2n) is 4.43. The van der Waals surface area contributed by atoms with Gasteiger partial charge in [0, 0.05) is 5.56 Å². The van der Waals surface area contributed by atoms with Crippen LogP contribution in [0.4, 0.5) is 17.6 Å². The van der Waals surface area contributed by atoms with Gasteiger partial charge in [-0.05, 0) is 30.5 Å². The molecule has 1 N–H and O–H groups in total. The Balaban J connectivity index is 2.24. The minimum Gasteiger partial charge on any atom is -0.388 e. The van der Waals surface area contributed by atoms with E-state index in [0.717, 1.165) is 18.9 Å². The maximum Gasteiger partial charge on any atom is 0.416 e. The van der Waals surface area contributed by atoms with E-state index in [1.165, 1.54) is 0 Å². The molecule has 5 heteroatoms. The Morgan fingerprint density at radius 2 is 1.94 bits per heavy atom. The van der Waals surface area contributed by atoms with Crippen LogP contribution in [0.1, 0.15) is 36.5 Å². The van der Waals surface area contributed by atoms with Crippen molar-refractivity contribution in [3.63, 3.8) is 0 Å². The monoisotopic (exact) mass is 248 g/mol. The summed E-state index contributed by atoms with van der Waals surface area (Å²) >= 11 is 0. The zero-order valence-electron chi connectivity index (χ0n) is 8.97. The topological polar surface area (TPSA) is 20.2 Å². The smallest absolute Gasteiger partial charge is 0.388 e. The Morgan fingerprint density at radius 1 is 1.29 bits per heavy atom. The maximum atomic E-state index is 13.4. The fraction of sp³-hybridized carbons (Fsp3) is 0.500. The zero-order chi connectivity index (χ0) is 12.6. The number of rotatable bonds is 3. The first-order valence-electron chi connectivity index (χ1n) is 5.42. The van der Waals surface area contributed by atoms with E-state index in [1.54, 1.807) is 0 Å². The average molecular weight is 248 g/mol. The Labute approximate surface area is 96.1 Å². The van der Waals surface area contributed by atoms with E-state index in [1.807, 2.05) is 0 Å². The van der Waals surface area contributed by atoms with Crippen molar-refractivity contribution in [2.45, 2.75) is 31.5 Å². The van der Waals surface area contributed by atoms with Crippen molar-refractivity contribution < 1.29 is 22.7 Å². The van der Waals surface area contributed by atoms with E-state index < -0.39 is 23.7 Å². The number of hydrogen-bond acceptors (Lipinski definition) is 1. The Kier molecular flexibility index (Phi) is 3.12. The van der Waals surface area contributed by atoms with Crippen LogP contribution in [0.3, 0.4) is 0 Å². The lowest BCUT2D eigenvalue weighted by Gasteiger charge is -2.14. The van der Waals surface area contributed by atoms with Crippen molar-refractivity contribution in [3.8, 4) is 0 Å². The lowest BCUT2D eigenvalue weighted by Crippen LogP contribution is -2.09. The number of alkyl halides is 3. The van der Waals surface area contributed by atoms with Gasteiger partial charge in [0.1, 0.15) is 5.82 Å². The van der Waals surface area contributed by atoms with Crippen LogP contribution in [0.25, 0.3) is 0 Å². The lowest BCUT2D eigenvalue weighted by molar-refractivity contribution is -0.137. The normalized spacial score (nSPS) is 18.2. The molecule has 0 aliphatic heterocycles. The molecule has 1 atom stereocenters. The van der Waals surface area contributed by atoms with Crippen molar-refractivity contribution in [3.05, 3.63) is 35.1 Å². The zero-order valence-corrected chi connectivity index (χ0v) is 8.97. The second kappa shape index (κ2) is 4.29. The summed E-state index contributed by atoms with van der Waals surface area (Å²) in [6.45, 7) is 0. The molecule has 1 fully saturated rings. The standard InChI is InChI=1S/C12H12F4O/c13-10-4-3-8(12(14,15)16)6-9(10)11(17)5-7-1-2-7/h3-4,6-7,11,17H,1-2,5H2. The third-order valence-electron chi connectivity index (χ3n) is 2.94. The van der Waals surface area contributed by atoms with Gasteiger partial charge in [-0.1, -0.05) is 12.8 Å². The minimum absolute atomic E-state index is 0.258. The van der Waals surface area contributed by atoms with Crippen molar-refractivity contribution in [1.82, 2.24) is 0 Å². The van der Waals surface area contributed by atoms with Crippen LogP contribution in [-0.2, 0) is 6.18 Å². The van der Waals surface area contributed by atoms with Crippen LogP contribution in [0.5, 0.6) is 0 Å². The molecule has 1 aliphatic rings. The molecule has 0 spiro atoms. The third kappa shape index (κ3) is 2.97. The molecule has 0 heterocycles. The molecule has 1 nitrogen and oxygen atoms in total. The van der Waals surface area contributed by atoms with Crippen LogP contribution in [0.15, 0.2) is 18.2 Å². The molecule has 0 saturated heterocycles. The molecule has 0 radical (unpaired) electrons. The number of hydrogen-bond donors (Lipinski definition) is 1. The van der Waals surface area contributed by atoms with Crippen molar-refractivity contribution in [1.29, 1.82) is 0 Å². The van der Waals surface area contributed by atoms with Gasteiger partial charge in [0.25, 0.3) is 0 Å². The van der Waals surface area contributed by atoms with Gasteiger partial charge >= 0.3 is 6.18 Å². The molecular formula is C12H12F4O. The van der Waals surface area contributed by atoms with E-state index >= 15 is 0 Å². The summed E-state index contributed by atoms with van der Waals surface area (Å²) in [7, 11) is 0. The summed E-state index contributed by atoms with van der Waals surface area (Å²) in [5.74, 6) is -0.468. The molecule has 0 bridgehead atoms. The summed E-state index contributed by atoms with van der Waals surface area (Å²) in [6.07, 6.45) is -3.42. The first-order valence-corrected chi connectivity index (χ1v) is 5.42. The van der Waals surface area contributed by atoms with Crippen LogP contribution in [-0.4, -0.2) is 5.11 Å². The first-order chi connectivity index (χ1) is 7.88. The highest BCUT2D eigenvalue weighted by molar-refractivity contribution is 5.28. The van der Waals surface area contributed by atoms with Gasteiger partial charge in [-0.15, -0.1) is 0 Å². The first kappa shape index (κ1) is 12.4. The highest BCUT2D eigenvalue weighted by Crippen LogP contribution is 2.39. The summed E-state index contributed by atoms with van der Waals surface area (Å²) in [4.78, 5) is 0. The minimum atomic E-state index is -4.51. The fourth-order valence-corrected chi connectivity index (χ4v) is 1.77. The van der Waals surface area contributed by atoms with Crippen LogP contribution in [0.2, 0.25) is 0 Å². The van der Waals surface area contributed by atoms with E-state index in [9.17, 15) is 22.7 Å². The van der Waals surface area contributed by atoms with Crippen molar-refractivity contribution in [2.75, 3.05) is 0 Å². The predicted octanol–water partition coefficient (Wildman–Crippen LogP) is 3.68. The highest BCUT2D eigenvalue weighted by Gasteiger charge is 2.33. The third-order valence-corrected chi connectivity index (χ3v) is 2.94. The lowest BCUT2D eigenvalue weighted by atomic mass is 10.0. The van der Waals surface area contributed by atoms with Crippen molar-refractivity contribution in [2.24, 2.45) is 5.92 Å². The molecule has 1 saturated carbocycles. The summed E-state index contributed by atoms with van der Waals surface area (Å²) in [5.41, 5.74) is -1.18. The van der Waals surface area contributed by atoms with Crippen LogP contribution >= 0.6 is 0 Å². The summed E-state index contributed by atoms with van der Waals surface area (Å²) < 4.78 is 50.7. The number of aliphatic hydroxyl groups excluding tert-OH is 1. The van der Waals surface area contributed by atoms with Gasteiger partial charge < -0.3 is 5.11 Å². The molecule has 0 aromatic heterocycles. The van der Waals surface area contributed by atoms with E-state index in [2.05, 4.69) is 0 Å². The number of halogens is 4. The summed E-state index contributed by atoms with van der Waals surface area (Å²) in [6, 6.07) is 2.14. The highest BCUT2D eigenvalue weighted by atomic mass is 19.4. The Bertz CT molecular complexity index is 409. The number of benzene rings is 1. The number of aliphatic hydroxyl groups is 1. The van der Waals surface area contributed by atoms with E-state index in [-0.39, 0.29) is 5.56 Å². The van der Waals surface area contributed by atoms with E-state index in [0.29, 0.717) is 24.5 Å². The molecular weight excluding hydrogens is 236 g/mol. The average Bonchev–Trinajstić information content (AvgIpc) is 3.00. The molecule has 2 rings (SSSR count). The quantitative estimate of drug-likeness (QED) is 0.809. The Hall–Kier alpha value is -1.10. The summed E-state index contributed by atoms with van der Waals surface area (Å²) in [5, 5.41) is 9.69. The van der Waals surface area contributed by atoms with Gasteiger partial charge in [-0.2, -0.15) is 13.2 Å². The maximum absolute atomic E-state index is 13.4. The molecule has 1 unspecified atom stereocenters. The molecule has 1 aromatic rings. The fourth-order valence-electron chi connectivity index (χ4n) is 1.77. The van der Waals surface area contributed by atoms with Gasteiger partial charge in [0.2, 0.25) is 0 Å². The predicted molar refractivity (Wildman–Crippen MR) is 53.7 cm³/mol. The Morgan fingerprint density at radius 3 is 2.47 bits per heavy atom. The van der Waals surface area contributed by atoms with Gasteiger partial charge in [-0.25, -0.2) is 4.39 Å². The second-order valence-corrected chi connectivity index (χ2v) is 4.43. The van der Waals surface area contributed by atoms with Gasteiger partial charge in [0.15, 0.2) is 0 Å². The van der Waals surface area contributed by atoms with Gasteiger partial charge in [0.05, 0.1) is 11.7 Å². The van der Waals surface area contributed by atoms with Crippen LogP contribution < -0.4 is 0 Å². The molecule has 1 aromatic carbocycles. The van der Waals surface area contributed by atoms with Crippen LogP contribution in [0, 0.1) is 11.7 Å².